The van der Waals surface area contributed by atoms with Gasteiger partial charge in [0.2, 0.25) is 0 Å². The predicted octanol–water partition coefficient (Wildman–Crippen LogP) is 2.47. The molecule has 1 aromatic rings. The second-order valence-corrected chi connectivity index (χ2v) is 5.17. The van der Waals surface area contributed by atoms with Gasteiger partial charge in [0.25, 0.3) is 4.52 Å². The Hall–Kier alpha value is -0.480. The molecule has 2 N–H and O–H groups in total. The molecule has 0 radical (unpaired) electrons. The second-order valence-electron chi connectivity index (χ2n) is 3.49. The van der Waals surface area contributed by atoms with E-state index in [4.69, 9.17) is 45.3 Å². The first-order valence-corrected chi connectivity index (χ1v) is 6.20. The van der Waals surface area contributed by atoms with Gasteiger partial charge in [0.1, 0.15) is 6.04 Å². The zero-order valence-electron chi connectivity index (χ0n) is 8.91. The third-order valence-electron chi connectivity index (χ3n) is 2.01. The molecule has 1 atom stereocenters. The van der Waals surface area contributed by atoms with Gasteiger partial charge >= 0.3 is 5.97 Å². The van der Waals surface area contributed by atoms with Crippen molar-refractivity contribution in [3.63, 3.8) is 0 Å². The Kier molecular flexibility index (Phi) is 5.53. The summed E-state index contributed by atoms with van der Waals surface area (Å²) in [5, 5.41) is 0. The van der Waals surface area contributed by atoms with Crippen molar-refractivity contribution in [1.82, 2.24) is 0 Å². The Balaban J connectivity index is 2.54. The van der Waals surface area contributed by atoms with E-state index in [-0.39, 0.29) is 5.88 Å². The highest BCUT2D eigenvalue weighted by Crippen LogP contribution is 2.24. The van der Waals surface area contributed by atoms with Crippen LogP contribution in [0, 0.1) is 0 Å². The van der Waals surface area contributed by atoms with Gasteiger partial charge in [-0.3, -0.25) is 4.79 Å². The highest BCUT2D eigenvalue weighted by Gasteiger charge is 2.30. The van der Waals surface area contributed by atoms with Crippen LogP contribution in [0.15, 0.2) is 30.3 Å². The normalized spacial score (nSPS) is 13.2. The number of carbonyl (C=O) groups excluding carboxylic acids is 1. The molecule has 94 valence electrons. The molecule has 0 heterocycles. The van der Waals surface area contributed by atoms with E-state index in [2.05, 4.69) is 0 Å². The fraction of sp³-hybridized carbons (Fsp3) is 0.364. The average Bonchev–Trinajstić information content (AvgIpc) is 2.30. The van der Waals surface area contributed by atoms with Gasteiger partial charge in [-0.25, -0.2) is 0 Å². The number of nitrogens with two attached hydrogens (primary N) is 1. The van der Waals surface area contributed by atoms with Crippen LogP contribution in [-0.2, 0) is 16.0 Å². The molecular formula is C11H12Cl3NO2. The number of hydrogen-bond donors (Lipinski definition) is 1. The maximum atomic E-state index is 11.5. The van der Waals surface area contributed by atoms with E-state index in [1.165, 1.54) is 0 Å². The highest BCUT2D eigenvalue weighted by atomic mass is 35.5. The third-order valence-corrected chi connectivity index (χ3v) is 3.08. The summed E-state index contributed by atoms with van der Waals surface area (Å²) in [4.78, 5) is 11.5. The number of alkyl halides is 3. The summed E-state index contributed by atoms with van der Waals surface area (Å²) in [6, 6.07) is 8.51. The van der Waals surface area contributed by atoms with Crippen LogP contribution in [0.4, 0.5) is 0 Å². The number of halogens is 3. The standard InChI is InChI=1S/C11H12Cl3NO2/c12-7-11(13,14)17-10(16)9(15)6-8-4-2-1-3-5-8/h1-5,9H,6-7,15H2. The maximum Gasteiger partial charge on any atom is 0.325 e. The molecule has 0 saturated heterocycles. The number of hydrogen-bond acceptors (Lipinski definition) is 3. The van der Waals surface area contributed by atoms with Crippen molar-refractivity contribution >= 4 is 40.8 Å². The van der Waals surface area contributed by atoms with Crippen LogP contribution in [0.3, 0.4) is 0 Å². The first-order valence-electron chi connectivity index (χ1n) is 4.91. The van der Waals surface area contributed by atoms with Crippen molar-refractivity contribution in [3.05, 3.63) is 35.9 Å². The van der Waals surface area contributed by atoms with Crippen molar-refractivity contribution < 1.29 is 9.53 Å². The first kappa shape index (κ1) is 14.6. The number of carbonyl (C=O) groups is 1. The number of rotatable bonds is 5. The van der Waals surface area contributed by atoms with Gasteiger partial charge in [0.05, 0.1) is 5.88 Å². The van der Waals surface area contributed by atoms with Gasteiger partial charge in [-0.1, -0.05) is 53.5 Å². The number of esters is 1. The van der Waals surface area contributed by atoms with E-state index in [1.54, 1.807) is 0 Å². The van der Waals surface area contributed by atoms with Crippen LogP contribution in [0.5, 0.6) is 0 Å². The largest absolute Gasteiger partial charge is 0.426 e. The lowest BCUT2D eigenvalue weighted by atomic mass is 10.1. The highest BCUT2D eigenvalue weighted by molar-refractivity contribution is 6.50. The molecule has 17 heavy (non-hydrogen) atoms. The monoisotopic (exact) mass is 295 g/mol. The Morgan fingerprint density at radius 1 is 1.35 bits per heavy atom. The summed E-state index contributed by atoms with van der Waals surface area (Å²) in [6.45, 7) is 0. The molecule has 0 fully saturated rings. The van der Waals surface area contributed by atoms with Crippen LogP contribution < -0.4 is 5.73 Å². The fourth-order valence-electron chi connectivity index (χ4n) is 1.20. The van der Waals surface area contributed by atoms with Gasteiger partial charge < -0.3 is 10.5 Å². The maximum absolute atomic E-state index is 11.5. The van der Waals surface area contributed by atoms with Gasteiger partial charge in [-0.05, 0) is 12.0 Å². The predicted molar refractivity (Wildman–Crippen MR) is 69.4 cm³/mol. The van der Waals surface area contributed by atoms with Crippen LogP contribution >= 0.6 is 34.8 Å². The second kappa shape index (κ2) is 6.45. The topological polar surface area (TPSA) is 52.3 Å². The molecule has 0 amide bonds. The Bertz CT molecular complexity index is 370. The minimum Gasteiger partial charge on any atom is -0.426 e. The van der Waals surface area contributed by atoms with Crippen LogP contribution in [0.1, 0.15) is 5.56 Å². The van der Waals surface area contributed by atoms with Gasteiger partial charge in [0, 0.05) is 0 Å². The lowest BCUT2D eigenvalue weighted by molar-refractivity contribution is -0.148. The van der Waals surface area contributed by atoms with Gasteiger partial charge in [-0.2, -0.15) is 0 Å². The summed E-state index contributed by atoms with van der Waals surface area (Å²) in [7, 11) is 0. The molecule has 1 unspecified atom stereocenters. The number of ether oxygens (including phenoxy) is 1. The zero-order chi connectivity index (χ0) is 12.9. The molecule has 0 aliphatic rings. The molecule has 6 heteroatoms. The average molecular weight is 297 g/mol. The van der Waals surface area contributed by atoms with Crippen molar-refractivity contribution in [2.24, 2.45) is 5.73 Å². The SMILES string of the molecule is NC(Cc1ccccc1)C(=O)OC(Cl)(Cl)CCl. The molecule has 0 spiro atoms. The minimum atomic E-state index is -1.73. The van der Waals surface area contributed by atoms with Gasteiger partial charge in [-0.15, -0.1) is 11.6 Å². The Labute approximate surface area is 115 Å². The van der Waals surface area contributed by atoms with Crippen LogP contribution in [0.25, 0.3) is 0 Å². The third kappa shape index (κ3) is 5.13. The fourth-order valence-corrected chi connectivity index (χ4v) is 1.41. The molecule has 0 aliphatic heterocycles. The van der Waals surface area contributed by atoms with E-state index >= 15 is 0 Å². The van der Waals surface area contributed by atoms with Crippen LogP contribution in [0.2, 0.25) is 0 Å². The van der Waals surface area contributed by atoms with E-state index in [9.17, 15) is 4.79 Å². The van der Waals surface area contributed by atoms with Gasteiger partial charge in [0.15, 0.2) is 0 Å². The lowest BCUT2D eigenvalue weighted by Gasteiger charge is -2.19. The molecule has 3 nitrogen and oxygen atoms in total. The molecule has 0 bridgehead atoms. The molecule has 0 saturated carbocycles. The van der Waals surface area contributed by atoms with Crippen LogP contribution in [-0.4, -0.2) is 22.4 Å². The van der Waals surface area contributed by atoms with Crippen molar-refractivity contribution in [2.45, 2.75) is 17.0 Å². The van der Waals surface area contributed by atoms with Crippen molar-refractivity contribution in [3.8, 4) is 0 Å². The Morgan fingerprint density at radius 3 is 2.47 bits per heavy atom. The molecule has 0 aliphatic carbocycles. The van der Waals surface area contributed by atoms with Crippen molar-refractivity contribution in [2.75, 3.05) is 5.88 Å². The summed E-state index contributed by atoms with van der Waals surface area (Å²) in [5.74, 6) is -0.903. The summed E-state index contributed by atoms with van der Waals surface area (Å²) in [5.41, 5.74) is 6.60. The summed E-state index contributed by atoms with van der Waals surface area (Å²) in [6.07, 6.45) is 0.353. The molecule has 1 rings (SSSR count). The summed E-state index contributed by atoms with van der Waals surface area (Å²) < 4.78 is 3.03. The minimum absolute atomic E-state index is 0.222. The first-order chi connectivity index (χ1) is 7.94. The van der Waals surface area contributed by atoms with E-state index in [1.807, 2.05) is 30.3 Å². The van der Waals surface area contributed by atoms with E-state index in [0.717, 1.165) is 5.56 Å². The van der Waals surface area contributed by atoms with E-state index < -0.39 is 16.5 Å². The lowest BCUT2D eigenvalue weighted by Crippen LogP contribution is -2.38. The molecule has 1 aromatic carbocycles. The Morgan fingerprint density at radius 2 is 1.94 bits per heavy atom. The smallest absolute Gasteiger partial charge is 0.325 e. The zero-order valence-corrected chi connectivity index (χ0v) is 11.2. The van der Waals surface area contributed by atoms with E-state index in [0.29, 0.717) is 6.42 Å². The molecular weight excluding hydrogens is 284 g/mol. The summed E-state index contributed by atoms with van der Waals surface area (Å²) >= 11 is 16.6. The van der Waals surface area contributed by atoms with Crippen molar-refractivity contribution in [1.29, 1.82) is 0 Å². The number of benzene rings is 1. The quantitative estimate of drug-likeness (QED) is 0.671. The molecule has 0 aromatic heterocycles.